The molecule has 0 N–H and O–H groups in total. The molecule has 3 heteroatoms. The molecule has 1 aliphatic heterocycles. The molecule has 0 radical (unpaired) electrons. The number of carbonyl (C=O) groups excluding carboxylic acids is 1. The van der Waals surface area contributed by atoms with Crippen LogP contribution in [0, 0.1) is 11.8 Å². The highest BCUT2D eigenvalue weighted by molar-refractivity contribution is 5.98. The summed E-state index contributed by atoms with van der Waals surface area (Å²) in [5.41, 5.74) is 0.944. The quantitative estimate of drug-likeness (QED) is 0.555. The van der Waals surface area contributed by atoms with E-state index in [4.69, 9.17) is 0 Å². The SMILES string of the molecule is C=C(C)C(=N/C=C\C)N1C[C@H](C(C)=O)[C@@H](C)C1. The van der Waals surface area contributed by atoms with Crippen molar-refractivity contribution >= 4 is 11.6 Å². The number of rotatable bonds is 3. The molecule has 0 unspecified atom stereocenters. The van der Waals surface area contributed by atoms with E-state index in [1.165, 1.54) is 0 Å². The van der Waals surface area contributed by atoms with E-state index in [2.05, 4.69) is 23.4 Å². The minimum absolute atomic E-state index is 0.130. The van der Waals surface area contributed by atoms with E-state index >= 15 is 0 Å². The maximum absolute atomic E-state index is 11.5. The van der Waals surface area contributed by atoms with Crippen LogP contribution in [-0.2, 0) is 4.79 Å². The molecule has 0 aromatic carbocycles. The predicted octanol–water partition coefficient (Wildman–Crippen LogP) is 2.65. The van der Waals surface area contributed by atoms with Gasteiger partial charge in [0, 0.05) is 25.2 Å². The van der Waals surface area contributed by atoms with Gasteiger partial charge < -0.3 is 4.90 Å². The Morgan fingerprint density at radius 3 is 2.47 bits per heavy atom. The maximum Gasteiger partial charge on any atom is 0.135 e. The summed E-state index contributed by atoms with van der Waals surface area (Å²) in [6.45, 7) is 13.3. The number of nitrogens with zero attached hydrogens (tertiary/aromatic N) is 2. The summed E-state index contributed by atoms with van der Waals surface area (Å²) < 4.78 is 0. The maximum atomic E-state index is 11.5. The Labute approximate surface area is 104 Å². The molecule has 1 aliphatic rings. The van der Waals surface area contributed by atoms with Gasteiger partial charge in [0.2, 0.25) is 0 Å². The van der Waals surface area contributed by atoms with E-state index in [-0.39, 0.29) is 11.7 Å². The molecule has 0 spiro atoms. The van der Waals surface area contributed by atoms with Crippen LogP contribution in [0.1, 0.15) is 27.7 Å². The van der Waals surface area contributed by atoms with Gasteiger partial charge >= 0.3 is 0 Å². The third kappa shape index (κ3) is 3.29. The molecule has 0 aromatic heterocycles. The average Bonchev–Trinajstić information content (AvgIpc) is 2.60. The predicted molar refractivity (Wildman–Crippen MR) is 72.0 cm³/mol. The second-order valence-corrected chi connectivity index (χ2v) is 4.81. The number of hydrogen-bond donors (Lipinski definition) is 0. The van der Waals surface area contributed by atoms with Crippen molar-refractivity contribution in [3.63, 3.8) is 0 Å². The zero-order chi connectivity index (χ0) is 13.0. The van der Waals surface area contributed by atoms with Gasteiger partial charge in [-0.2, -0.15) is 0 Å². The van der Waals surface area contributed by atoms with Crippen LogP contribution < -0.4 is 0 Å². The molecule has 2 atom stereocenters. The van der Waals surface area contributed by atoms with Crippen LogP contribution in [0.25, 0.3) is 0 Å². The first kappa shape index (κ1) is 13.7. The summed E-state index contributed by atoms with van der Waals surface area (Å²) in [6, 6.07) is 0. The lowest BCUT2D eigenvalue weighted by Crippen LogP contribution is -2.30. The van der Waals surface area contributed by atoms with Crippen molar-refractivity contribution in [1.82, 2.24) is 4.90 Å². The molecular weight excluding hydrogens is 212 g/mol. The van der Waals surface area contributed by atoms with E-state index in [0.717, 1.165) is 24.5 Å². The summed E-state index contributed by atoms with van der Waals surface area (Å²) in [4.78, 5) is 18.1. The zero-order valence-corrected chi connectivity index (χ0v) is 11.2. The summed E-state index contributed by atoms with van der Waals surface area (Å²) in [5, 5.41) is 0. The van der Waals surface area contributed by atoms with Crippen LogP contribution in [0.15, 0.2) is 29.4 Å². The van der Waals surface area contributed by atoms with Crippen LogP contribution in [0.5, 0.6) is 0 Å². The number of Topliss-reactive ketones (excluding diaryl/α,β-unsaturated/α-hetero) is 1. The first-order valence-corrected chi connectivity index (χ1v) is 6.07. The molecule has 1 rings (SSSR count). The van der Waals surface area contributed by atoms with E-state index in [9.17, 15) is 4.79 Å². The van der Waals surface area contributed by atoms with E-state index in [1.54, 1.807) is 13.1 Å². The number of ketones is 1. The number of allylic oxidation sites excluding steroid dienone is 1. The molecule has 1 saturated heterocycles. The van der Waals surface area contributed by atoms with Crippen LogP contribution in [-0.4, -0.2) is 29.6 Å². The molecule has 0 bridgehead atoms. The number of likely N-dealkylation sites (tertiary alicyclic amines) is 1. The van der Waals surface area contributed by atoms with E-state index < -0.39 is 0 Å². The van der Waals surface area contributed by atoms with Crippen molar-refractivity contribution in [2.75, 3.05) is 13.1 Å². The molecule has 1 heterocycles. The molecule has 0 saturated carbocycles. The molecule has 0 aromatic rings. The Hall–Kier alpha value is -1.38. The molecule has 1 fully saturated rings. The van der Waals surface area contributed by atoms with Gasteiger partial charge in [0.15, 0.2) is 0 Å². The number of hydrogen-bond acceptors (Lipinski definition) is 2. The highest BCUT2D eigenvalue weighted by Crippen LogP contribution is 2.25. The van der Waals surface area contributed by atoms with Crippen LogP contribution >= 0.6 is 0 Å². The minimum atomic E-state index is 0.130. The topological polar surface area (TPSA) is 32.7 Å². The normalized spacial score (nSPS) is 25.6. The molecule has 0 aliphatic carbocycles. The van der Waals surface area contributed by atoms with Gasteiger partial charge in [-0.05, 0) is 32.3 Å². The zero-order valence-electron chi connectivity index (χ0n) is 11.2. The molecular formula is C14H22N2O. The Morgan fingerprint density at radius 1 is 1.41 bits per heavy atom. The lowest BCUT2D eigenvalue weighted by atomic mass is 9.95. The first-order valence-electron chi connectivity index (χ1n) is 6.07. The largest absolute Gasteiger partial charge is 0.355 e. The van der Waals surface area contributed by atoms with Crippen molar-refractivity contribution in [2.45, 2.75) is 27.7 Å². The summed E-state index contributed by atoms with van der Waals surface area (Å²) in [7, 11) is 0. The van der Waals surface area contributed by atoms with E-state index in [1.807, 2.05) is 19.9 Å². The highest BCUT2D eigenvalue weighted by Gasteiger charge is 2.34. The highest BCUT2D eigenvalue weighted by atomic mass is 16.1. The summed E-state index contributed by atoms with van der Waals surface area (Å²) in [5.74, 6) is 1.69. The van der Waals surface area contributed by atoms with Crippen LogP contribution in [0.4, 0.5) is 0 Å². The van der Waals surface area contributed by atoms with Crippen LogP contribution in [0.2, 0.25) is 0 Å². The Kier molecular flexibility index (Phi) is 4.67. The molecule has 17 heavy (non-hydrogen) atoms. The second-order valence-electron chi connectivity index (χ2n) is 4.81. The van der Waals surface area contributed by atoms with Crippen molar-refractivity contribution in [2.24, 2.45) is 16.8 Å². The Morgan fingerprint density at radius 2 is 2.06 bits per heavy atom. The molecule has 3 nitrogen and oxygen atoms in total. The minimum Gasteiger partial charge on any atom is -0.355 e. The van der Waals surface area contributed by atoms with Crippen molar-refractivity contribution in [1.29, 1.82) is 0 Å². The monoisotopic (exact) mass is 234 g/mol. The lowest BCUT2D eigenvalue weighted by Gasteiger charge is -2.20. The molecule has 94 valence electrons. The number of aliphatic imine (C=N–C) groups is 1. The Balaban J connectivity index is 2.86. The number of carbonyl (C=O) groups is 1. The van der Waals surface area contributed by atoms with Crippen molar-refractivity contribution in [3.05, 3.63) is 24.4 Å². The first-order chi connectivity index (χ1) is 7.97. The van der Waals surface area contributed by atoms with Crippen LogP contribution in [0.3, 0.4) is 0 Å². The fraction of sp³-hybridized carbons (Fsp3) is 0.571. The Bertz CT molecular complexity index is 368. The van der Waals surface area contributed by atoms with Gasteiger partial charge in [-0.25, -0.2) is 4.99 Å². The van der Waals surface area contributed by atoms with Gasteiger partial charge in [0.1, 0.15) is 11.6 Å². The second kappa shape index (κ2) is 5.80. The van der Waals surface area contributed by atoms with E-state index in [0.29, 0.717) is 5.92 Å². The summed E-state index contributed by atoms with van der Waals surface area (Å²) in [6.07, 6.45) is 3.67. The van der Waals surface area contributed by atoms with Crippen molar-refractivity contribution in [3.8, 4) is 0 Å². The van der Waals surface area contributed by atoms with Crippen molar-refractivity contribution < 1.29 is 4.79 Å². The smallest absolute Gasteiger partial charge is 0.135 e. The average molecular weight is 234 g/mol. The fourth-order valence-electron chi connectivity index (χ4n) is 2.28. The fourth-order valence-corrected chi connectivity index (χ4v) is 2.28. The standard InChI is InChI=1S/C14H22N2O/c1-6-7-15-14(10(2)3)16-8-11(4)13(9-16)12(5)17/h6-7,11,13H,2,8-9H2,1,3-5H3/b7-6-,15-14?/t11-,13-/m0/s1. The van der Waals surface area contributed by atoms with Gasteiger partial charge in [-0.15, -0.1) is 0 Å². The van der Waals surface area contributed by atoms with Gasteiger partial charge in [0.25, 0.3) is 0 Å². The summed E-state index contributed by atoms with van der Waals surface area (Å²) >= 11 is 0. The number of amidine groups is 1. The third-order valence-corrected chi connectivity index (χ3v) is 3.16. The van der Waals surface area contributed by atoms with Gasteiger partial charge in [0.05, 0.1) is 0 Å². The van der Waals surface area contributed by atoms with Gasteiger partial charge in [-0.3, -0.25) is 4.79 Å². The third-order valence-electron chi connectivity index (χ3n) is 3.16. The van der Waals surface area contributed by atoms with Gasteiger partial charge in [-0.1, -0.05) is 19.6 Å². The molecule has 0 amide bonds. The lowest BCUT2D eigenvalue weighted by molar-refractivity contribution is -0.121.